The van der Waals surface area contributed by atoms with Crippen LogP contribution in [0.5, 0.6) is 0 Å². The number of hydrogen-bond donors (Lipinski definition) is 1. The minimum atomic E-state index is -0.224. The van der Waals surface area contributed by atoms with E-state index in [0.717, 1.165) is 6.42 Å². The number of nitrogens with one attached hydrogen (secondary N) is 1. The highest BCUT2D eigenvalue weighted by Gasteiger charge is 2.17. The quantitative estimate of drug-likeness (QED) is 0.895. The lowest BCUT2D eigenvalue weighted by Crippen LogP contribution is -2.36. The molecule has 0 aliphatic carbocycles. The van der Waals surface area contributed by atoms with E-state index in [0.29, 0.717) is 11.7 Å². The summed E-state index contributed by atoms with van der Waals surface area (Å²) in [6.07, 6.45) is 4.43. The van der Waals surface area contributed by atoms with Gasteiger partial charge in [0.15, 0.2) is 5.82 Å². The third-order valence-electron chi connectivity index (χ3n) is 2.77. The summed E-state index contributed by atoms with van der Waals surface area (Å²) in [5, 5.41) is 3.21. The van der Waals surface area contributed by atoms with Gasteiger partial charge in [0.1, 0.15) is 0 Å². The Hall–Kier alpha value is -1.32. The minimum Gasteiger partial charge on any atom is -0.363 e. The molecule has 4 nitrogen and oxygen atoms in total. The Kier molecular flexibility index (Phi) is 4.54. The molecule has 1 rings (SSSR count). The highest BCUT2D eigenvalue weighted by molar-refractivity contribution is 5.32. The SMILES string of the molecule is CC(C)CC(C)Nc1nccn(C(C)(C)C)c1=O. The largest absolute Gasteiger partial charge is 0.363 e. The summed E-state index contributed by atoms with van der Waals surface area (Å²) in [7, 11) is 0. The fourth-order valence-electron chi connectivity index (χ4n) is 2.04. The van der Waals surface area contributed by atoms with Gasteiger partial charge in [-0.3, -0.25) is 4.79 Å². The van der Waals surface area contributed by atoms with Crippen LogP contribution in [0, 0.1) is 5.92 Å². The molecule has 18 heavy (non-hydrogen) atoms. The lowest BCUT2D eigenvalue weighted by molar-refractivity contribution is 0.383. The van der Waals surface area contributed by atoms with E-state index in [4.69, 9.17) is 0 Å². The summed E-state index contributed by atoms with van der Waals surface area (Å²) >= 11 is 0. The van der Waals surface area contributed by atoms with Crippen LogP contribution >= 0.6 is 0 Å². The van der Waals surface area contributed by atoms with E-state index >= 15 is 0 Å². The second-order valence-electron chi connectivity index (χ2n) is 6.30. The molecule has 4 heteroatoms. The van der Waals surface area contributed by atoms with Crippen molar-refractivity contribution in [2.45, 2.75) is 59.5 Å². The molecule has 0 bridgehead atoms. The van der Waals surface area contributed by atoms with Crippen molar-refractivity contribution in [1.82, 2.24) is 9.55 Å². The molecule has 1 atom stereocenters. The fourth-order valence-corrected chi connectivity index (χ4v) is 2.04. The second kappa shape index (κ2) is 5.55. The molecule has 1 heterocycles. The van der Waals surface area contributed by atoms with Crippen LogP contribution < -0.4 is 10.9 Å². The molecule has 0 aliphatic rings. The van der Waals surface area contributed by atoms with E-state index in [1.54, 1.807) is 17.0 Å². The number of aromatic nitrogens is 2. The summed E-state index contributed by atoms with van der Waals surface area (Å²) in [6.45, 7) is 12.4. The first-order valence-electron chi connectivity index (χ1n) is 6.56. The first kappa shape index (κ1) is 14.7. The number of rotatable bonds is 4. The highest BCUT2D eigenvalue weighted by atomic mass is 16.1. The van der Waals surface area contributed by atoms with Crippen LogP contribution in [0.1, 0.15) is 48.0 Å². The van der Waals surface area contributed by atoms with Gasteiger partial charge >= 0.3 is 0 Å². The third-order valence-corrected chi connectivity index (χ3v) is 2.77. The smallest absolute Gasteiger partial charge is 0.293 e. The Morgan fingerprint density at radius 3 is 2.44 bits per heavy atom. The Morgan fingerprint density at radius 2 is 1.94 bits per heavy atom. The normalized spacial score (nSPS) is 13.7. The molecule has 0 amide bonds. The van der Waals surface area contributed by atoms with Gasteiger partial charge in [-0.05, 0) is 40.0 Å². The summed E-state index contributed by atoms with van der Waals surface area (Å²) in [4.78, 5) is 16.4. The summed E-state index contributed by atoms with van der Waals surface area (Å²) in [6, 6.07) is 0.251. The molecular weight excluding hydrogens is 226 g/mol. The van der Waals surface area contributed by atoms with Gasteiger partial charge in [-0.25, -0.2) is 4.98 Å². The first-order chi connectivity index (χ1) is 8.21. The van der Waals surface area contributed by atoms with E-state index in [1.807, 2.05) is 20.8 Å². The second-order valence-corrected chi connectivity index (χ2v) is 6.30. The molecule has 0 spiro atoms. The van der Waals surface area contributed by atoms with Crippen LogP contribution in [0.3, 0.4) is 0 Å². The zero-order valence-electron chi connectivity index (χ0n) is 12.3. The van der Waals surface area contributed by atoms with E-state index < -0.39 is 0 Å². The predicted octanol–water partition coefficient (Wildman–Crippen LogP) is 2.84. The maximum absolute atomic E-state index is 12.3. The molecule has 1 N–H and O–H groups in total. The predicted molar refractivity (Wildman–Crippen MR) is 76.0 cm³/mol. The number of anilines is 1. The van der Waals surface area contributed by atoms with Crippen molar-refractivity contribution in [2.24, 2.45) is 5.92 Å². The number of nitrogens with zero attached hydrogens (tertiary/aromatic N) is 2. The Bertz CT molecular complexity index is 443. The van der Waals surface area contributed by atoms with E-state index in [2.05, 4.69) is 31.1 Å². The average Bonchev–Trinajstić information content (AvgIpc) is 2.18. The summed E-state index contributed by atoms with van der Waals surface area (Å²) in [5.41, 5.74) is -0.279. The van der Waals surface area contributed by atoms with Crippen molar-refractivity contribution >= 4 is 5.82 Å². The van der Waals surface area contributed by atoms with Gasteiger partial charge < -0.3 is 9.88 Å². The van der Waals surface area contributed by atoms with Crippen LogP contribution in [-0.4, -0.2) is 15.6 Å². The van der Waals surface area contributed by atoms with E-state index in [9.17, 15) is 4.79 Å². The molecule has 0 radical (unpaired) electrons. The van der Waals surface area contributed by atoms with Crippen molar-refractivity contribution < 1.29 is 0 Å². The minimum absolute atomic E-state index is 0.0550. The summed E-state index contributed by atoms with van der Waals surface area (Å²) < 4.78 is 1.71. The first-order valence-corrected chi connectivity index (χ1v) is 6.56. The average molecular weight is 251 g/mol. The molecule has 0 saturated carbocycles. The zero-order valence-corrected chi connectivity index (χ0v) is 12.3. The molecule has 0 fully saturated rings. The topological polar surface area (TPSA) is 46.9 Å². The molecule has 0 aliphatic heterocycles. The molecule has 102 valence electrons. The van der Waals surface area contributed by atoms with Crippen LogP contribution in [0.4, 0.5) is 5.82 Å². The van der Waals surface area contributed by atoms with Crippen molar-refractivity contribution in [3.63, 3.8) is 0 Å². The fraction of sp³-hybridized carbons (Fsp3) is 0.714. The van der Waals surface area contributed by atoms with Gasteiger partial charge in [-0.2, -0.15) is 0 Å². The standard InChI is InChI=1S/C14H25N3O/c1-10(2)9-11(3)16-12-13(18)17(8-7-15-12)14(4,5)6/h7-8,10-11H,9H2,1-6H3,(H,15,16). The van der Waals surface area contributed by atoms with Crippen molar-refractivity contribution in [2.75, 3.05) is 5.32 Å². The van der Waals surface area contributed by atoms with Gasteiger partial charge in [-0.15, -0.1) is 0 Å². The Morgan fingerprint density at radius 1 is 1.33 bits per heavy atom. The van der Waals surface area contributed by atoms with Gasteiger partial charge in [0.05, 0.1) is 0 Å². The maximum atomic E-state index is 12.3. The Labute approximate surface area is 109 Å². The van der Waals surface area contributed by atoms with Crippen molar-refractivity contribution in [3.05, 3.63) is 22.7 Å². The van der Waals surface area contributed by atoms with Gasteiger partial charge in [0, 0.05) is 24.0 Å². The Balaban J connectivity index is 2.95. The van der Waals surface area contributed by atoms with E-state index in [1.165, 1.54) is 0 Å². The van der Waals surface area contributed by atoms with Crippen LogP contribution in [0.2, 0.25) is 0 Å². The van der Waals surface area contributed by atoms with E-state index in [-0.39, 0.29) is 17.1 Å². The van der Waals surface area contributed by atoms with Gasteiger partial charge in [0.2, 0.25) is 0 Å². The molecule has 1 aromatic rings. The lowest BCUT2D eigenvalue weighted by atomic mass is 10.1. The van der Waals surface area contributed by atoms with Crippen LogP contribution in [-0.2, 0) is 5.54 Å². The molecule has 0 saturated heterocycles. The number of hydrogen-bond acceptors (Lipinski definition) is 3. The van der Waals surface area contributed by atoms with Crippen LogP contribution in [0.25, 0.3) is 0 Å². The monoisotopic (exact) mass is 251 g/mol. The maximum Gasteiger partial charge on any atom is 0.293 e. The lowest BCUT2D eigenvalue weighted by Gasteiger charge is -2.23. The molecule has 0 aromatic carbocycles. The molecular formula is C14H25N3O. The highest BCUT2D eigenvalue weighted by Crippen LogP contribution is 2.12. The molecule has 1 unspecified atom stereocenters. The van der Waals surface area contributed by atoms with Gasteiger partial charge in [-0.1, -0.05) is 13.8 Å². The molecule has 1 aromatic heterocycles. The summed E-state index contributed by atoms with van der Waals surface area (Å²) in [5.74, 6) is 1.04. The third kappa shape index (κ3) is 3.86. The van der Waals surface area contributed by atoms with Crippen molar-refractivity contribution in [1.29, 1.82) is 0 Å². The van der Waals surface area contributed by atoms with Gasteiger partial charge in [0.25, 0.3) is 5.56 Å². The van der Waals surface area contributed by atoms with Crippen molar-refractivity contribution in [3.8, 4) is 0 Å². The zero-order chi connectivity index (χ0) is 13.9. The van der Waals surface area contributed by atoms with Crippen LogP contribution in [0.15, 0.2) is 17.2 Å².